The quantitative estimate of drug-likeness (QED) is 0.750. The van der Waals surface area contributed by atoms with Gasteiger partial charge in [-0.3, -0.25) is 9.59 Å². The normalized spacial score (nSPS) is 26.0. The monoisotopic (exact) mass is 227 g/mol. The van der Waals surface area contributed by atoms with Crippen molar-refractivity contribution in [3.63, 3.8) is 0 Å². The second-order valence-electron chi connectivity index (χ2n) is 5.20. The van der Waals surface area contributed by atoms with Crippen LogP contribution in [-0.2, 0) is 9.59 Å². The molecule has 0 bridgehead atoms. The standard InChI is InChI=1S/C12H21NO3/c1-7(2)8(3)4-11(14)13-10-5-9(6-10)12(15)16/h7-10H,4-6H2,1-3H3,(H,13,14)(H,15,16). The van der Waals surface area contributed by atoms with E-state index in [2.05, 4.69) is 26.1 Å². The lowest BCUT2D eigenvalue weighted by Crippen LogP contribution is -2.47. The van der Waals surface area contributed by atoms with Crippen molar-refractivity contribution in [3.8, 4) is 0 Å². The van der Waals surface area contributed by atoms with Gasteiger partial charge in [0.25, 0.3) is 0 Å². The molecule has 0 spiro atoms. The summed E-state index contributed by atoms with van der Waals surface area (Å²) in [6.07, 6.45) is 1.69. The van der Waals surface area contributed by atoms with E-state index in [9.17, 15) is 9.59 Å². The van der Waals surface area contributed by atoms with Crippen molar-refractivity contribution in [3.05, 3.63) is 0 Å². The molecule has 0 aromatic rings. The number of nitrogens with one attached hydrogen (secondary N) is 1. The molecule has 0 aromatic heterocycles. The zero-order valence-electron chi connectivity index (χ0n) is 10.2. The van der Waals surface area contributed by atoms with Crippen LogP contribution >= 0.6 is 0 Å². The van der Waals surface area contributed by atoms with Crippen LogP contribution in [0.15, 0.2) is 0 Å². The van der Waals surface area contributed by atoms with E-state index in [1.54, 1.807) is 0 Å². The number of carboxylic acids is 1. The maximum absolute atomic E-state index is 11.6. The van der Waals surface area contributed by atoms with Gasteiger partial charge < -0.3 is 10.4 Å². The topological polar surface area (TPSA) is 66.4 Å². The first-order valence-corrected chi connectivity index (χ1v) is 5.92. The Hall–Kier alpha value is -1.06. The van der Waals surface area contributed by atoms with Crippen LogP contribution < -0.4 is 5.32 Å². The summed E-state index contributed by atoms with van der Waals surface area (Å²) < 4.78 is 0. The number of rotatable bonds is 5. The first-order valence-electron chi connectivity index (χ1n) is 5.92. The Balaban J connectivity index is 2.20. The predicted molar refractivity (Wildman–Crippen MR) is 60.9 cm³/mol. The van der Waals surface area contributed by atoms with E-state index < -0.39 is 5.97 Å². The molecule has 1 aliphatic carbocycles. The summed E-state index contributed by atoms with van der Waals surface area (Å²) in [7, 11) is 0. The smallest absolute Gasteiger partial charge is 0.306 e. The first kappa shape index (κ1) is 13.0. The molecule has 1 amide bonds. The number of amides is 1. The van der Waals surface area contributed by atoms with Crippen LogP contribution in [0.1, 0.15) is 40.0 Å². The fourth-order valence-corrected chi connectivity index (χ4v) is 1.75. The molecule has 1 aliphatic rings. The summed E-state index contributed by atoms with van der Waals surface area (Å²) in [5.41, 5.74) is 0. The molecule has 0 heterocycles. The molecule has 0 saturated heterocycles. The lowest BCUT2D eigenvalue weighted by atomic mass is 9.80. The largest absolute Gasteiger partial charge is 0.481 e. The Morgan fingerprint density at radius 2 is 1.88 bits per heavy atom. The molecule has 1 unspecified atom stereocenters. The highest BCUT2D eigenvalue weighted by Gasteiger charge is 2.35. The third-order valence-corrected chi connectivity index (χ3v) is 3.50. The van der Waals surface area contributed by atoms with E-state index in [4.69, 9.17) is 5.11 Å². The maximum Gasteiger partial charge on any atom is 0.306 e. The Bertz CT molecular complexity index is 269. The molecule has 0 aliphatic heterocycles. The first-order chi connectivity index (χ1) is 7.40. The van der Waals surface area contributed by atoms with Gasteiger partial charge in [-0.15, -0.1) is 0 Å². The van der Waals surface area contributed by atoms with Crippen LogP contribution in [0.4, 0.5) is 0 Å². The van der Waals surface area contributed by atoms with E-state index in [0.717, 1.165) is 0 Å². The molecule has 4 nitrogen and oxygen atoms in total. The van der Waals surface area contributed by atoms with E-state index >= 15 is 0 Å². The average Bonchev–Trinajstić information content (AvgIpc) is 2.09. The predicted octanol–water partition coefficient (Wildman–Crippen LogP) is 1.65. The fourth-order valence-electron chi connectivity index (χ4n) is 1.75. The van der Waals surface area contributed by atoms with E-state index in [1.165, 1.54) is 0 Å². The van der Waals surface area contributed by atoms with Crippen LogP contribution in [0, 0.1) is 17.8 Å². The molecule has 0 radical (unpaired) electrons. The molecular formula is C12H21NO3. The van der Waals surface area contributed by atoms with Gasteiger partial charge in [-0.2, -0.15) is 0 Å². The molecular weight excluding hydrogens is 206 g/mol. The maximum atomic E-state index is 11.6. The zero-order chi connectivity index (χ0) is 12.3. The van der Waals surface area contributed by atoms with Crippen LogP contribution in [0.2, 0.25) is 0 Å². The molecule has 16 heavy (non-hydrogen) atoms. The van der Waals surface area contributed by atoms with Crippen molar-refractivity contribution in [2.45, 2.75) is 46.1 Å². The minimum atomic E-state index is -0.749. The van der Waals surface area contributed by atoms with Crippen LogP contribution in [0.25, 0.3) is 0 Å². The van der Waals surface area contributed by atoms with Gasteiger partial charge in [0.15, 0.2) is 0 Å². The highest BCUT2D eigenvalue weighted by atomic mass is 16.4. The summed E-state index contributed by atoms with van der Waals surface area (Å²) in [5.74, 6) is -0.0850. The summed E-state index contributed by atoms with van der Waals surface area (Å²) in [4.78, 5) is 22.1. The van der Waals surface area contributed by atoms with Gasteiger partial charge in [-0.05, 0) is 24.7 Å². The van der Waals surface area contributed by atoms with Crippen LogP contribution in [0.3, 0.4) is 0 Å². The van der Waals surface area contributed by atoms with E-state index in [0.29, 0.717) is 31.1 Å². The number of aliphatic carboxylic acids is 1. The van der Waals surface area contributed by atoms with Gasteiger partial charge >= 0.3 is 5.97 Å². The summed E-state index contributed by atoms with van der Waals surface area (Å²) in [6.45, 7) is 6.26. The summed E-state index contributed by atoms with van der Waals surface area (Å²) in [5, 5.41) is 11.6. The van der Waals surface area contributed by atoms with Gasteiger partial charge in [-0.1, -0.05) is 20.8 Å². The van der Waals surface area contributed by atoms with Crippen LogP contribution in [-0.4, -0.2) is 23.0 Å². The number of carbonyl (C=O) groups is 2. The average molecular weight is 227 g/mol. The van der Waals surface area contributed by atoms with Gasteiger partial charge in [0.1, 0.15) is 0 Å². The Kier molecular flexibility index (Phi) is 4.33. The lowest BCUT2D eigenvalue weighted by Gasteiger charge is -2.33. The Morgan fingerprint density at radius 3 is 2.31 bits per heavy atom. The molecule has 1 saturated carbocycles. The highest BCUT2D eigenvalue weighted by molar-refractivity contribution is 5.77. The molecule has 2 N–H and O–H groups in total. The van der Waals surface area contributed by atoms with Crippen molar-refractivity contribution >= 4 is 11.9 Å². The SMILES string of the molecule is CC(C)C(C)CC(=O)NC1CC(C(=O)O)C1. The molecule has 1 rings (SSSR count). The number of carboxylic acid groups (broad SMARTS) is 1. The van der Waals surface area contributed by atoms with Gasteiger partial charge in [0.2, 0.25) is 5.91 Å². The van der Waals surface area contributed by atoms with Crippen molar-refractivity contribution in [1.29, 1.82) is 0 Å². The summed E-state index contributed by atoms with van der Waals surface area (Å²) in [6, 6.07) is 0.0768. The van der Waals surface area contributed by atoms with Crippen LogP contribution in [0.5, 0.6) is 0 Å². The van der Waals surface area contributed by atoms with E-state index in [-0.39, 0.29) is 17.9 Å². The molecule has 92 valence electrons. The van der Waals surface area contributed by atoms with Crippen molar-refractivity contribution in [1.82, 2.24) is 5.32 Å². The molecule has 4 heteroatoms. The summed E-state index contributed by atoms with van der Waals surface area (Å²) >= 11 is 0. The third-order valence-electron chi connectivity index (χ3n) is 3.50. The lowest BCUT2D eigenvalue weighted by molar-refractivity contribution is -0.146. The van der Waals surface area contributed by atoms with Gasteiger partial charge in [0.05, 0.1) is 5.92 Å². The molecule has 1 fully saturated rings. The number of carbonyl (C=O) groups excluding carboxylic acids is 1. The minimum absolute atomic E-state index is 0.0510. The third kappa shape index (κ3) is 3.51. The molecule has 1 atom stereocenters. The van der Waals surface area contributed by atoms with Gasteiger partial charge in [-0.25, -0.2) is 0 Å². The second kappa shape index (κ2) is 5.32. The Morgan fingerprint density at radius 1 is 1.31 bits per heavy atom. The molecule has 0 aromatic carbocycles. The van der Waals surface area contributed by atoms with E-state index in [1.807, 2.05) is 0 Å². The van der Waals surface area contributed by atoms with Gasteiger partial charge in [0, 0.05) is 12.5 Å². The zero-order valence-corrected chi connectivity index (χ0v) is 10.2. The van der Waals surface area contributed by atoms with Crippen molar-refractivity contribution < 1.29 is 14.7 Å². The number of hydrogen-bond acceptors (Lipinski definition) is 2. The van der Waals surface area contributed by atoms with Crippen molar-refractivity contribution in [2.75, 3.05) is 0 Å². The van der Waals surface area contributed by atoms with Crippen molar-refractivity contribution in [2.24, 2.45) is 17.8 Å². The minimum Gasteiger partial charge on any atom is -0.481 e. The second-order valence-corrected chi connectivity index (χ2v) is 5.20. The highest BCUT2D eigenvalue weighted by Crippen LogP contribution is 2.27. The fraction of sp³-hybridized carbons (Fsp3) is 0.833. The Labute approximate surface area is 96.4 Å². The number of hydrogen-bond donors (Lipinski definition) is 2.